The predicted octanol–water partition coefficient (Wildman–Crippen LogP) is 6.76. The number of halogens is 4. The second-order valence-corrected chi connectivity index (χ2v) is 18.6. The molecule has 0 amide bonds. The average molecular weight is 856 g/mol. The molecule has 4 fully saturated rings. The lowest BCUT2D eigenvalue weighted by Gasteiger charge is -2.34. The number of nitrogens with one attached hydrogen (secondary N) is 2. The Bertz CT molecular complexity index is 2390. The third kappa shape index (κ3) is 8.05. The largest absolute Gasteiger partial charge is 0.462 e. The SMILES string of the molecule is C#Cc1c(F)ccc2cc(OP(=O)(COC)N[C@@H](C)C(=O)OC(C)C)cc(-c3nc(Cl)c4c(N5CC6CCC(C5)N6)nc(OC[C@@]56CCCN5C[C@H](F)C6)nc4c3F)c12. The van der Waals surface area contributed by atoms with Crippen molar-refractivity contribution >= 4 is 52.6 Å². The van der Waals surface area contributed by atoms with Crippen molar-refractivity contribution < 1.29 is 41.3 Å². The van der Waals surface area contributed by atoms with Crippen molar-refractivity contribution in [2.24, 2.45) is 0 Å². The lowest BCUT2D eigenvalue weighted by Crippen LogP contribution is -2.51. The van der Waals surface area contributed by atoms with Crippen LogP contribution in [0.15, 0.2) is 24.3 Å². The molecule has 0 aliphatic carbocycles. The number of carbonyl (C=O) groups excluding carboxylic acids is 1. The number of piperazine rings is 1. The molecule has 2 bridgehead atoms. The first-order valence-corrected chi connectivity index (χ1v) is 22.0. The number of rotatable bonds is 13. The molecule has 4 aliphatic heterocycles. The highest BCUT2D eigenvalue weighted by molar-refractivity contribution is 7.57. The van der Waals surface area contributed by atoms with Crippen LogP contribution in [0.5, 0.6) is 11.8 Å². The average Bonchev–Trinajstić information content (AvgIpc) is 3.84. The Kier molecular flexibility index (Phi) is 11.5. The van der Waals surface area contributed by atoms with Crippen LogP contribution in [0, 0.1) is 24.0 Å². The fourth-order valence-corrected chi connectivity index (χ4v) is 11.0. The van der Waals surface area contributed by atoms with E-state index in [1.165, 1.54) is 32.2 Å². The number of hydrogen-bond donors (Lipinski definition) is 2. The third-order valence-electron chi connectivity index (χ3n) is 11.5. The summed E-state index contributed by atoms with van der Waals surface area (Å²) in [5.41, 5.74) is -1.30. The molecule has 6 atom stereocenters. The van der Waals surface area contributed by atoms with Gasteiger partial charge in [0.15, 0.2) is 5.82 Å². The van der Waals surface area contributed by atoms with E-state index in [-0.39, 0.29) is 68.7 Å². The van der Waals surface area contributed by atoms with Crippen molar-refractivity contribution in [1.82, 2.24) is 30.3 Å². The quantitative estimate of drug-likeness (QED) is 0.0635. The fraction of sp³-hybridized carbons (Fsp3) is 0.512. The molecule has 3 unspecified atom stereocenters. The zero-order valence-corrected chi connectivity index (χ0v) is 34.8. The third-order valence-corrected chi connectivity index (χ3v) is 13.7. The molecule has 6 heterocycles. The molecule has 4 saturated heterocycles. The van der Waals surface area contributed by atoms with Crippen molar-refractivity contribution in [3.05, 3.63) is 46.6 Å². The maximum Gasteiger partial charge on any atom is 0.342 e. The minimum Gasteiger partial charge on any atom is -0.462 e. The summed E-state index contributed by atoms with van der Waals surface area (Å²) in [5, 5.41) is 6.72. The van der Waals surface area contributed by atoms with Crippen LogP contribution in [0.4, 0.5) is 19.0 Å². The van der Waals surface area contributed by atoms with Gasteiger partial charge in [-0.2, -0.15) is 9.97 Å². The molecule has 18 heteroatoms. The van der Waals surface area contributed by atoms with Crippen LogP contribution in [0.2, 0.25) is 5.15 Å². The first kappa shape index (κ1) is 41.5. The van der Waals surface area contributed by atoms with E-state index in [0.717, 1.165) is 38.3 Å². The molecular formula is C41H46ClF3N7O6P. The maximum atomic E-state index is 17.6. The molecule has 13 nitrogen and oxygen atoms in total. The van der Waals surface area contributed by atoms with Gasteiger partial charge in [-0.05, 0) is 76.6 Å². The van der Waals surface area contributed by atoms with E-state index in [0.29, 0.717) is 37.3 Å². The number of nitrogens with zero attached hydrogens (tertiary/aromatic N) is 5. The number of aromatic nitrogens is 3. The number of terminal acetylenes is 1. The van der Waals surface area contributed by atoms with Gasteiger partial charge < -0.3 is 29.0 Å². The van der Waals surface area contributed by atoms with Gasteiger partial charge >= 0.3 is 19.5 Å². The molecule has 2 aromatic carbocycles. The lowest BCUT2D eigenvalue weighted by molar-refractivity contribution is -0.149. The summed E-state index contributed by atoms with van der Waals surface area (Å²) in [4.78, 5) is 30.8. The van der Waals surface area contributed by atoms with Gasteiger partial charge in [0.1, 0.15) is 58.9 Å². The van der Waals surface area contributed by atoms with E-state index in [2.05, 4.69) is 31.2 Å². The molecule has 0 radical (unpaired) electrons. The molecule has 2 N–H and O–H groups in total. The van der Waals surface area contributed by atoms with Gasteiger partial charge in [0.2, 0.25) is 0 Å². The first-order valence-electron chi connectivity index (χ1n) is 19.8. The maximum absolute atomic E-state index is 17.6. The summed E-state index contributed by atoms with van der Waals surface area (Å²) in [7, 11) is -2.73. The number of alkyl halides is 1. The minimum atomic E-state index is -4.04. The summed E-state index contributed by atoms with van der Waals surface area (Å²) < 4.78 is 84.8. The second-order valence-electron chi connectivity index (χ2n) is 16.2. The van der Waals surface area contributed by atoms with Crippen molar-refractivity contribution in [1.29, 1.82) is 0 Å². The van der Waals surface area contributed by atoms with E-state index < -0.39 is 55.3 Å². The number of anilines is 1. The van der Waals surface area contributed by atoms with Gasteiger partial charge in [0, 0.05) is 56.2 Å². The van der Waals surface area contributed by atoms with Gasteiger partial charge in [0.05, 0.1) is 22.6 Å². The number of methoxy groups -OCH3 is 1. The van der Waals surface area contributed by atoms with E-state index in [9.17, 15) is 13.8 Å². The van der Waals surface area contributed by atoms with E-state index in [1.54, 1.807) is 13.8 Å². The van der Waals surface area contributed by atoms with Crippen LogP contribution < -0.4 is 24.6 Å². The van der Waals surface area contributed by atoms with Gasteiger partial charge in [0.25, 0.3) is 0 Å². The zero-order chi connectivity index (χ0) is 41.8. The number of carbonyl (C=O) groups is 1. The van der Waals surface area contributed by atoms with Crippen LogP contribution in [-0.4, -0.2) is 108 Å². The molecular weight excluding hydrogens is 810 g/mol. The molecule has 2 aromatic heterocycles. The van der Waals surface area contributed by atoms with E-state index in [1.807, 2.05) is 4.90 Å². The molecule has 4 aliphatic rings. The Labute approximate surface area is 345 Å². The standard InChI is InChI=1S/C41H46ClF3N7O6P/c1-6-29-31(44)11-8-24-14-28(58-59(54,21-55-5)50-23(4)39(53)57-22(2)3)15-30(32(24)29)35-34(45)36-33(37(42)47-35)38(51-18-26-9-10-27(19-51)46-26)49-40(48-36)56-20-41-12-7-13-52(41)17-25(43)16-41/h1,8,11,14-15,22-23,25-27,46H,7,9-10,12-13,16-21H2,2-5H3,(H,50,54)/t23-,25+,26?,27?,41-,59?/m0/s1. The van der Waals surface area contributed by atoms with Gasteiger partial charge in [-0.1, -0.05) is 23.6 Å². The van der Waals surface area contributed by atoms with Crippen LogP contribution in [0.3, 0.4) is 0 Å². The summed E-state index contributed by atoms with van der Waals surface area (Å²) in [6.45, 7) is 7.17. The van der Waals surface area contributed by atoms with E-state index in [4.69, 9.17) is 41.7 Å². The fourth-order valence-electron chi connectivity index (χ4n) is 9.09. The Morgan fingerprint density at radius 2 is 1.90 bits per heavy atom. The summed E-state index contributed by atoms with van der Waals surface area (Å²) in [6.07, 6.45) is 7.87. The molecule has 314 valence electrons. The highest BCUT2D eigenvalue weighted by atomic mass is 35.5. The Balaban J connectivity index is 1.26. The van der Waals surface area contributed by atoms with Gasteiger partial charge in [-0.15, -0.1) is 6.42 Å². The van der Waals surface area contributed by atoms with Crippen LogP contribution in [-0.2, 0) is 18.8 Å². The predicted molar refractivity (Wildman–Crippen MR) is 218 cm³/mol. The number of ether oxygens (including phenoxy) is 3. The number of esters is 1. The van der Waals surface area contributed by atoms with Crippen molar-refractivity contribution in [2.45, 2.75) is 88.8 Å². The van der Waals surface area contributed by atoms with Gasteiger partial charge in [-0.25, -0.2) is 23.2 Å². The van der Waals surface area contributed by atoms with E-state index >= 15 is 8.78 Å². The summed E-state index contributed by atoms with van der Waals surface area (Å²) in [6, 6.07) is 4.55. The van der Waals surface area contributed by atoms with Crippen LogP contribution in [0.25, 0.3) is 32.9 Å². The Morgan fingerprint density at radius 3 is 2.61 bits per heavy atom. The Morgan fingerprint density at radius 1 is 1.14 bits per heavy atom. The molecule has 59 heavy (non-hydrogen) atoms. The molecule has 0 spiro atoms. The highest BCUT2D eigenvalue weighted by Crippen LogP contribution is 2.48. The Hall–Kier alpha value is -4.23. The second kappa shape index (κ2) is 16.3. The number of pyridine rings is 1. The van der Waals surface area contributed by atoms with Crippen molar-refractivity contribution in [2.75, 3.05) is 51.1 Å². The van der Waals surface area contributed by atoms with Crippen LogP contribution in [0.1, 0.15) is 58.4 Å². The van der Waals surface area contributed by atoms with Crippen molar-refractivity contribution in [3.63, 3.8) is 0 Å². The number of hydrogen-bond acceptors (Lipinski definition) is 12. The normalized spacial score (nSPS) is 24.3. The lowest BCUT2D eigenvalue weighted by atomic mass is 9.95. The monoisotopic (exact) mass is 855 g/mol. The minimum absolute atomic E-state index is 0.0363. The first-order chi connectivity index (χ1) is 28.2. The zero-order valence-electron chi connectivity index (χ0n) is 33.2. The van der Waals surface area contributed by atoms with Gasteiger partial charge in [-0.3, -0.25) is 14.3 Å². The molecule has 0 saturated carbocycles. The topological polar surface area (TPSA) is 140 Å². The smallest absolute Gasteiger partial charge is 0.342 e. The number of benzene rings is 2. The summed E-state index contributed by atoms with van der Waals surface area (Å²) in [5.74, 6) is 0.302. The molecule has 8 rings (SSSR count). The summed E-state index contributed by atoms with van der Waals surface area (Å²) >= 11 is 7.03. The number of fused-ring (bicyclic) bond motifs is 5. The highest BCUT2D eigenvalue weighted by Gasteiger charge is 2.49. The van der Waals surface area contributed by atoms with Crippen LogP contribution >= 0.6 is 19.1 Å². The van der Waals surface area contributed by atoms with Crippen molar-refractivity contribution in [3.8, 4) is 35.4 Å². The molecule has 4 aromatic rings.